The molecule has 98 valence electrons. The topological polar surface area (TPSA) is 17.1 Å². The van der Waals surface area contributed by atoms with E-state index in [1.54, 1.807) is 11.8 Å². The minimum Gasteiger partial charge on any atom is -0.294 e. The van der Waals surface area contributed by atoms with Crippen LogP contribution >= 0.6 is 11.8 Å². The highest BCUT2D eigenvalue weighted by Crippen LogP contribution is 2.16. The van der Waals surface area contributed by atoms with E-state index in [0.29, 0.717) is 6.42 Å². The zero-order valence-electron chi connectivity index (χ0n) is 11.3. The van der Waals surface area contributed by atoms with Gasteiger partial charge in [-0.2, -0.15) is 0 Å². The van der Waals surface area contributed by atoms with Crippen LogP contribution in [-0.2, 0) is 6.42 Å². The molecule has 0 aliphatic carbocycles. The summed E-state index contributed by atoms with van der Waals surface area (Å²) in [6.45, 7) is 2.01. The lowest BCUT2D eigenvalue weighted by Crippen LogP contribution is -2.01. The summed E-state index contributed by atoms with van der Waals surface area (Å²) in [7, 11) is 0. The predicted molar refractivity (Wildman–Crippen MR) is 82.1 cm³/mol. The van der Waals surface area contributed by atoms with Crippen molar-refractivity contribution in [2.75, 3.05) is 6.26 Å². The van der Waals surface area contributed by atoms with Gasteiger partial charge in [0, 0.05) is 16.9 Å². The molecule has 2 aromatic carbocycles. The summed E-state index contributed by atoms with van der Waals surface area (Å²) in [6.07, 6.45) is 3.44. The summed E-state index contributed by atoms with van der Waals surface area (Å²) in [5, 5.41) is 0. The fourth-order valence-corrected chi connectivity index (χ4v) is 2.42. The maximum Gasteiger partial charge on any atom is 0.163 e. The zero-order valence-corrected chi connectivity index (χ0v) is 12.2. The summed E-state index contributed by atoms with van der Waals surface area (Å²) in [5.74, 6) is 0.220. The van der Waals surface area contributed by atoms with Gasteiger partial charge in [0.05, 0.1) is 0 Å². The number of Topliss-reactive ketones (excluding diaryl/α,β-unsaturated/α-hetero) is 1. The van der Waals surface area contributed by atoms with E-state index < -0.39 is 0 Å². The standard InChI is InChI=1S/C17H18OS/c1-13-4-3-5-15(12-13)17(18)11-8-14-6-9-16(19-2)10-7-14/h3-7,9-10,12H,8,11H2,1-2H3. The third kappa shape index (κ3) is 3.97. The third-order valence-electron chi connectivity index (χ3n) is 3.14. The third-order valence-corrected chi connectivity index (χ3v) is 3.88. The highest BCUT2D eigenvalue weighted by atomic mass is 32.2. The van der Waals surface area contributed by atoms with Crippen LogP contribution < -0.4 is 0 Å². The molecule has 0 unspecified atom stereocenters. The number of thioether (sulfide) groups is 1. The van der Waals surface area contributed by atoms with Gasteiger partial charge in [0.1, 0.15) is 0 Å². The van der Waals surface area contributed by atoms with Crippen LogP contribution in [0, 0.1) is 6.92 Å². The summed E-state index contributed by atoms with van der Waals surface area (Å²) in [4.78, 5) is 13.3. The van der Waals surface area contributed by atoms with Crippen molar-refractivity contribution in [3.63, 3.8) is 0 Å². The molecule has 0 saturated carbocycles. The molecule has 0 spiro atoms. The maximum atomic E-state index is 12.1. The Balaban J connectivity index is 1.96. The maximum absolute atomic E-state index is 12.1. The Morgan fingerprint density at radius 1 is 1.11 bits per heavy atom. The van der Waals surface area contributed by atoms with E-state index in [9.17, 15) is 4.79 Å². The monoisotopic (exact) mass is 270 g/mol. The quantitative estimate of drug-likeness (QED) is 0.586. The summed E-state index contributed by atoms with van der Waals surface area (Å²) in [5.41, 5.74) is 3.18. The smallest absolute Gasteiger partial charge is 0.163 e. The van der Waals surface area contributed by atoms with Crippen molar-refractivity contribution >= 4 is 17.5 Å². The molecule has 2 heteroatoms. The van der Waals surface area contributed by atoms with Crippen molar-refractivity contribution in [2.45, 2.75) is 24.7 Å². The van der Waals surface area contributed by atoms with E-state index in [1.165, 1.54) is 10.5 Å². The van der Waals surface area contributed by atoms with E-state index in [0.717, 1.165) is 17.5 Å². The first-order valence-electron chi connectivity index (χ1n) is 6.42. The molecule has 0 aliphatic rings. The molecule has 0 fully saturated rings. The second-order valence-electron chi connectivity index (χ2n) is 4.64. The van der Waals surface area contributed by atoms with Crippen molar-refractivity contribution in [3.8, 4) is 0 Å². The summed E-state index contributed by atoms with van der Waals surface area (Å²) in [6, 6.07) is 16.2. The number of aryl methyl sites for hydroxylation is 2. The number of hydrogen-bond acceptors (Lipinski definition) is 2. The number of hydrogen-bond donors (Lipinski definition) is 0. The number of carbonyl (C=O) groups is 1. The molecule has 0 bridgehead atoms. The van der Waals surface area contributed by atoms with E-state index in [-0.39, 0.29) is 5.78 Å². The molecule has 0 saturated heterocycles. The first-order chi connectivity index (χ1) is 9.19. The zero-order chi connectivity index (χ0) is 13.7. The van der Waals surface area contributed by atoms with Crippen LogP contribution in [0.1, 0.15) is 27.9 Å². The van der Waals surface area contributed by atoms with Crippen LogP contribution in [0.25, 0.3) is 0 Å². The molecular weight excluding hydrogens is 252 g/mol. The van der Waals surface area contributed by atoms with Gasteiger partial charge in [-0.3, -0.25) is 4.79 Å². The lowest BCUT2D eigenvalue weighted by molar-refractivity contribution is 0.0983. The minimum atomic E-state index is 0.220. The first-order valence-corrected chi connectivity index (χ1v) is 7.64. The number of carbonyl (C=O) groups excluding carboxylic acids is 1. The second-order valence-corrected chi connectivity index (χ2v) is 5.52. The Morgan fingerprint density at radius 3 is 2.47 bits per heavy atom. The van der Waals surface area contributed by atoms with Crippen LogP contribution in [-0.4, -0.2) is 12.0 Å². The average Bonchev–Trinajstić information content (AvgIpc) is 2.45. The molecule has 0 aliphatic heterocycles. The van der Waals surface area contributed by atoms with Crippen LogP contribution in [0.15, 0.2) is 53.4 Å². The number of ketones is 1. The molecule has 2 rings (SSSR count). The van der Waals surface area contributed by atoms with Gasteiger partial charge < -0.3 is 0 Å². The van der Waals surface area contributed by atoms with Gasteiger partial charge in [-0.15, -0.1) is 11.8 Å². The molecule has 1 nitrogen and oxygen atoms in total. The molecular formula is C17H18OS. The van der Waals surface area contributed by atoms with Crippen LogP contribution in [0.4, 0.5) is 0 Å². The lowest BCUT2D eigenvalue weighted by atomic mass is 10.0. The Kier molecular flexibility index (Phi) is 4.80. The van der Waals surface area contributed by atoms with E-state index >= 15 is 0 Å². The fraction of sp³-hybridized carbons (Fsp3) is 0.235. The Labute approximate surface area is 119 Å². The van der Waals surface area contributed by atoms with Crippen molar-refractivity contribution in [2.24, 2.45) is 0 Å². The Morgan fingerprint density at radius 2 is 1.84 bits per heavy atom. The molecule has 0 atom stereocenters. The van der Waals surface area contributed by atoms with E-state index in [4.69, 9.17) is 0 Å². The van der Waals surface area contributed by atoms with Gasteiger partial charge in [0.15, 0.2) is 5.78 Å². The van der Waals surface area contributed by atoms with Gasteiger partial charge in [-0.25, -0.2) is 0 Å². The van der Waals surface area contributed by atoms with Gasteiger partial charge in [-0.05, 0) is 43.4 Å². The molecule has 0 amide bonds. The van der Waals surface area contributed by atoms with Crippen LogP contribution in [0.2, 0.25) is 0 Å². The summed E-state index contributed by atoms with van der Waals surface area (Å²) < 4.78 is 0. The lowest BCUT2D eigenvalue weighted by Gasteiger charge is -2.04. The largest absolute Gasteiger partial charge is 0.294 e. The normalized spacial score (nSPS) is 10.4. The van der Waals surface area contributed by atoms with Crippen LogP contribution in [0.3, 0.4) is 0 Å². The highest BCUT2D eigenvalue weighted by molar-refractivity contribution is 7.98. The molecule has 0 N–H and O–H groups in total. The Hall–Kier alpha value is -1.54. The van der Waals surface area contributed by atoms with E-state index in [1.807, 2.05) is 31.2 Å². The van der Waals surface area contributed by atoms with Gasteiger partial charge in [-0.1, -0.05) is 35.9 Å². The highest BCUT2D eigenvalue weighted by Gasteiger charge is 2.06. The average molecular weight is 270 g/mol. The van der Waals surface area contributed by atoms with Crippen molar-refractivity contribution in [3.05, 3.63) is 65.2 Å². The number of rotatable bonds is 5. The molecule has 19 heavy (non-hydrogen) atoms. The van der Waals surface area contributed by atoms with Crippen molar-refractivity contribution < 1.29 is 4.79 Å². The van der Waals surface area contributed by atoms with E-state index in [2.05, 4.69) is 30.5 Å². The fourth-order valence-electron chi connectivity index (χ4n) is 2.01. The minimum absolute atomic E-state index is 0.220. The van der Waals surface area contributed by atoms with Crippen LogP contribution in [0.5, 0.6) is 0 Å². The number of benzene rings is 2. The molecule has 0 radical (unpaired) electrons. The first kappa shape index (κ1) is 13.9. The van der Waals surface area contributed by atoms with Gasteiger partial charge in [0.25, 0.3) is 0 Å². The van der Waals surface area contributed by atoms with Gasteiger partial charge in [0.2, 0.25) is 0 Å². The molecule has 2 aromatic rings. The SMILES string of the molecule is CSc1ccc(CCC(=O)c2cccc(C)c2)cc1. The van der Waals surface area contributed by atoms with Gasteiger partial charge >= 0.3 is 0 Å². The molecule has 0 aromatic heterocycles. The van der Waals surface area contributed by atoms with Crippen molar-refractivity contribution in [1.29, 1.82) is 0 Å². The Bertz CT molecular complexity index is 558. The second kappa shape index (κ2) is 6.58. The van der Waals surface area contributed by atoms with Crippen molar-refractivity contribution in [1.82, 2.24) is 0 Å². The summed E-state index contributed by atoms with van der Waals surface area (Å²) >= 11 is 1.73. The molecule has 0 heterocycles. The predicted octanol–water partition coefficient (Wildman–Crippen LogP) is 4.53.